The van der Waals surface area contributed by atoms with Gasteiger partial charge in [-0.1, -0.05) is 6.92 Å². The van der Waals surface area contributed by atoms with Crippen LogP contribution >= 0.6 is 0 Å². The standard InChI is InChI=1S/C16H21N3/c1-12-2-8-15(9-3-12)19-11-10-18-16(19)13-4-6-14(17)7-5-13/h4-7,10-12,15H,2-3,8-9,17H2,1H3. The summed E-state index contributed by atoms with van der Waals surface area (Å²) in [6, 6.07) is 8.60. The lowest BCUT2D eigenvalue weighted by atomic mass is 9.87. The third-order valence-electron chi connectivity index (χ3n) is 4.22. The predicted octanol–water partition coefficient (Wildman–Crippen LogP) is 3.88. The summed E-state index contributed by atoms with van der Waals surface area (Å²) in [5, 5.41) is 0. The first-order chi connectivity index (χ1) is 9.24. The van der Waals surface area contributed by atoms with Gasteiger partial charge in [0.2, 0.25) is 0 Å². The third kappa shape index (κ3) is 2.50. The van der Waals surface area contributed by atoms with Gasteiger partial charge in [-0.15, -0.1) is 0 Å². The first kappa shape index (κ1) is 12.3. The molecule has 1 aromatic carbocycles. The number of nitrogen functional groups attached to an aromatic ring is 1. The molecule has 1 aliphatic carbocycles. The Labute approximate surface area is 114 Å². The lowest BCUT2D eigenvalue weighted by Gasteiger charge is -2.28. The van der Waals surface area contributed by atoms with E-state index >= 15 is 0 Å². The molecule has 0 spiro atoms. The average Bonchev–Trinajstić information content (AvgIpc) is 2.90. The van der Waals surface area contributed by atoms with Crippen LogP contribution in [0.2, 0.25) is 0 Å². The van der Waals surface area contributed by atoms with Crippen molar-refractivity contribution in [2.75, 3.05) is 5.73 Å². The molecular weight excluding hydrogens is 234 g/mol. The van der Waals surface area contributed by atoms with Gasteiger partial charge in [0.15, 0.2) is 0 Å². The van der Waals surface area contributed by atoms with Gasteiger partial charge in [0.1, 0.15) is 5.82 Å². The Morgan fingerprint density at radius 1 is 1.11 bits per heavy atom. The Hall–Kier alpha value is -1.77. The smallest absolute Gasteiger partial charge is 0.140 e. The second-order valence-electron chi connectivity index (χ2n) is 5.69. The van der Waals surface area contributed by atoms with E-state index in [1.807, 2.05) is 18.3 Å². The number of imidazole rings is 1. The normalized spacial score (nSPS) is 23.4. The molecular formula is C16H21N3. The van der Waals surface area contributed by atoms with Crippen molar-refractivity contribution in [1.82, 2.24) is 9.55 Å². The fraction of sp³-hybridized carbons (Fsp3) is 0.438. The van der Waals surface area contributed by atoms with Crippen molar-refractivity contribution in [2.45, 2.75) is 38.6 Å². The molecule has 0 unspecified atom stereocenters. The van der Waals surface area contributed by atoms with Crippen LogP contribution in [0.3, 0.4) is 0 Å². The van der Waals surface area contributed by atoms with E-state index in [4.69, 9.17) is 5.73 Å². The minimum Gasteiger partial charge on any atom is -0.399 e. The molecule has 2 N–H and O–H groups in total. The van der Waals surface area contributed by atoms with Crippen LogP contribution in [0.4, 0.5) is 5.69 Å². The van der Waals surface area contributed by atoms with Crippen LogP contribution < -0.4 is 5.73 Å². The first-order valence-electron chi connectivity index (χ1n) is 7.13. The molecule has 1 heterocycles. The molecule has 2 aromatic rings. The Morgan fingerprint density at radius 2 is 1.79 bits per heavy atom. The van der Waals surface area contributed by atoms with Crippen molar-refractivity contribution in [3.8, 4) is 11.4 Å². The SMILES string of the molecule is CC1CCC(n2ccnc2-c2ccc(N)cc2)CC1. The molecule has 3 heteroatoms. The number of hydrogen-bond donors (Lipinski definition) is 1. The summed E-state index contributed by atoms with van der Waals surface area (Å²) in [6.07, 6.45) is 9.20. The van der Waals surface area contributed by atoms with Crippen molar-refractivity contribution >= 4 is 5.69 Å². The van der Waals surface area contributed by atoms with E-state index in [-0.39, 0.29) is 0 Å². The van der Waals surface area contributed by atoms with Crippen LogP contribution in [-0.2, 0) is 0 Å². The highest BCUT2D eigenvalue weighted by Gasteiger charge is 2.21. The average molecular weight is 255 g/mol. The van der Waals surface area contributed by atoms with Gasteiger partial charge in [-0.3, -0.25) is 0 Å². The minimum atomic E-state index is 0.603. The quantitative estimate of drug-likeness (QED) is 0.827. The Morgan fingerprint density at radius 3 is 2.47 bits per heavy atom. The lowest BCUT2D eigenvalue weighted by molar-refractivity contribution is 0.291. The number of hydrogen-bond acceptors (Lipinski definition) is 2. The van der Waals surface area contributed by atoms with Gasteiger partial charge in [-0.05, 0) is 55.9 Å². The number of anilines is 1. The Kier molecular flexibility index (Phi) is 3.28. The molecule has 0 radical (unpaired) electrons. The fourth-order valence-electron chi connectivity index (χ4n) is 2.98. The second kappa shape index (κ2) is 5.08. The van der Waals surface area contributed by atoms with Gasteiger partial charge >= 0.3 is 0 Å². The highest BCUT2D eigenvalue weighted by molar-refractivity contribution is 5.59. The van der Waals surface area contributed by atoms with Crippen molar-refractivity contribution < 1.29 is 0 Å². The monoisotopic (exact) mass is 255 g/mol. The number of nitrogens with two attached hydrogens (primary N) is 1. The van der Waals surface area contributed by atoms with Gasteiger partial charge in [-0.25, -0.2) is 4.98 Å². The van der Waals surface area contributed by atoms with Crippen LogP contribution in [0.15, 0.2) is 36.7 Å². The maximum Gasteiger partial charge on any atom is 0.140 e. The molecule has 0 atom stereocenters. The molecule has 0 amide bonds. The van der Waals surface area contributed by atoms with Crippen LogP contribution in [0, 0.1) is 5.92 Å². The number of aromatic nitrogens is 2. The van der Waals surface area contributed by atoms with Crippen molar-refractivity contribution in [3.05, 3.63) is 36.7 Å². The van der Waals surface area contributed by atoms with Gasteiger partial charge < -0.3 is 10.3 Å². The molecule has 0 bridgehead atoms. The number of nitrogens with zero attached hydrogens (tertiary/aromatic N) is 2. The molecule has 1 saturated carbocycles. The van der Waals surface area contributed by atoms with Crippen LogP contribution in [0.1, 0.15) is 38.6 Å². The van der Waals surface area contributed by atoms with E-state index in [9.17, 15) is 0 Å². The molecule has 0 aliphatic heterocycles. The topological polar surface area (TPSA) is 43.8 Å². The molecule has 19 heavy (non-hydrogen) atoms. The van der Waals surface area contributed by atoms with E-state index in [0.717, 1.165) is 23.0 Å². The molecule has 3 rings (SSSR count). The zero-order chi connectivity index (χ0) is 13.2. The maximum absolute atomic E-state index is 5.75. The molecule has 3 nitrogen and oxygen atoms in total. The Balaban J connectivity index is 1.88. The molecule has 100 valence electrons. The van der Waals surface area contributed by atoms with Crippen LogP contribution in [0.5, 0.6) is 0 Å². The summed E-state index contributed by atoms with van der Waals surface area (Å²) in [7, 11) is 0. The summed E-state index contributed by atoms with van der Waals surface area (Å²) in [4.78, 5) is 4.53. The molecule has 1 fully saturated rings. The summed E-state index contributed by atoms with van der Waals surface area (Å²) in [5.41, 5.74) is 7.70. The zero-order valence-electron chi connectivity index (χ0n) is 11.4. The van der Waals surface area contributed by atoms with Crippen molar-refractivity contribution in [2.24, 2.45) is 5.92 Å². The van der Waals surface area contributed by atoms with Crippen molar-refractivity contribution in [3.63, 3.8) is 0 Å². The molecule has 1 aliphatic rings. The molecule has 1 aromatic heterocycles. The Bertz CT molecular complexity index is 533. The van der Waals surface area contributed by atoms with E-state index in [0.29, 0.717) is 6.04 Å². The van der Waals surface area contributed by atoms with Crippen molar-refractivity contribution in [1.29, 1.82) is 0 Å². The molecule has 0 saturated heterocycles. The zero-order valence-corrected chi connectivity index (χ0v) is 11.4. The summed E-state index contributed by atoms with van der Waals surface area (Å²) >= 11 is 0. The fourth-order valence-corrected chi connectivity index (χ4v) is 2.98. The van der Waals surface area contributed by atoms with E-state index in [1.54, 1.807) is 0 Å². The maximum atomic E-state index is 5.75. The third-order valence-corrected chi connectivity index (χ3v) is 4.22. The van der Waals surface area contributed by atoms with Gasteiger partial charge in [0.25, 0.3) is 0 Å². The largest absolute Gasteiger partial charge is 0.399 e. The second-order valence-corrected chi connectivity index (χ2v) is 5.69. The summed E-state index contributed by atoms with van der Waals surface area (Å²) in [5.74, 6) is 1.94. The van der Waals surface area contributed by atoms with Gasteiger partial charge in [0.05, 0.1) is 0 Å². The van der Waals surface area contributed by atoms with E-state index in [1.165, 1.54) is 25.7 Å². The predicted molar refractivity (Wildman–Crippen MR) is 78.7 cm³/mol. The minimum absolute atomic E-state index is 0.603. The number of rotatable bonds is 2. The summed E-state index contributed by atoms with van der Waals surface area (Å²) < 4.78 is 2.34. The lowest BCUT2D eigenvalue weighted by Crippen LogP contribution is -2.17. The highest BCUT2D eigenvalue weighted by atomic mass is 15.1. The summed E-state index contributed by atoms with van der Waals surface area (Å²) in [6.45, 7) is 2.35. The number of benzene rings is 1. The first-order valence-corrected chi connectivity index (χ1v) is 7.13. The van der Waals surface area contributed by atoms with E-state index < -0.39 is 0 Å². The highest BCUT2D eigenvalue weighted by Crippen LogP contribution is 2.34. The van der Waals surface area contributed by atoms with Crippen LogP contribution in [-0.4, -0.2) is 9.55 Å². The van der Waals surface area contributed by atoms with Gasteiger partial charge in [0, 0.05) is 29.7 Å². The van der Waals surface area contributed by atoms with E-state index in [2.05, 4.69) is 34.8 Å². The van der Waals surface area contributed by atoms with Gasteiger partial charge in [-0.2, -0.15) is 0 Å². The van der Waals surface area contributed by atoms with Crippen LogP contribution in [0.25, 0.3) is 11.4 Å².